The van der Waals surface area contributed by atoms with Gasteiger partial charge in [0.05, 0.1) is 23.2 Å². The van der Waals surface area contributed by atoms with E-state index < -0.39 is 10.0 Å². The van der Waals surface area contributed by atoms with Crippen LogP contribution in [0.25, 0.3) is 0 Å². The molecule has 0 N–H and O–H groups in total. The number of anilines is 1. The summed E-state index contributed by atoms with van der Waals surface area (Å²) >= 11 is 0. The van der Waals surface area contributed by atoms with Gasteiger partial charge in [0, 0.05) is 11.1 Å². The van der Waals surface area contributed by atoms with Gasteiger partial charge in [0.15, 0.2) is 0 Å². The molecule has 5 nitrogen and oxygen atoms in total. The molecule has 210 valence electrons. The first kappa shape index (κ1) is 29.1. The van der Waals surface area contributed by atoms with E-state index in [1.807, 2.05) is 36.4 Å². The highest BCUT2D eigenvalue weighted by Gasteiger charge is 2.45. The maximum absolute atomic E-state index is 14.5. The van der Waals surface area contributed by atoms with Crippen molar-refractivity contribution in [2.75, 3.05) is 10.9 Å². The fourth-order valence-corrected chi connectivity index (χ4v) is 7.84. The molecule has 1 unspecified atom stereocenters. The topological polar surface area (TPSA) is 49.9 Å². The van der Waals surface area contributed by atoms with Gasteiger partial charge in [-0.2, -0.15) is 5.06 Å². The lowest BCUT2D eigenvalue weighted by Crippen LogP contribution is -2.59. The molecule has 0 bridgehead atoms. The smallest absolute Gasteiger partial charge is 0.264 e. The minimum Gasteiger partial charge on any atom is -0.296 e. The summed E-state index contributed by atoms with van der Waals surface area (Å²) < 4.78 is 30.7. The SMILES string of the molecule is CC(C)(C)c1cc(C(C)(C)C)cc(S(=O)(=O)N2c3ccccc3CC2CON2C(C)(C)CCCC2(C)C)c1. The lowest BCUT2D eigenvalue weighted by molar-refractivity contribution is -0.282. The molecule has 1 saturated heterocycles. The van der Waals surface area contributed by atoms with Crippen molar-refractivity contribution < 1.29 is 13.3 Å². The van der Waals surface area contributed by atoms with Crippen molar-refractivity contribution >= 4 is 15.7 Å². The molecule has 2 aromatic rings. The molecule has 2 heterocycles. The van der Waals surface area contributed by atoms with E-state index >= 15 is 0 Å². The maximum Gasteiger partial charge on any atom is 0.264 e. The Kier molecular flexibility index (Phi) is 7.38. The monoisotopic (exact) mass is 540 g/mol. The Morgan fingerprint density at radius 1 is 0.868 bits per heavy atom. The van der Waals surface area contributed by atoms with E-state index in [0.29, 0.717) is 17.9 Å². The van der Waals surface area contributed by atoms with Crippen LogP contribution < -0.4 is 4.31 Å². The highest BCUT2D eigenvalue weighted by molar-refractivity contribution is 7.92. The van der Waals surface area contributed by atoms with Crippen LogP contribution in [0.4, 0.5) is 5.69 Å². The van der Waals surface area contributed by atoms with Crippen molar-refractivity contribution in [2.45, 2.75) is 128 Å². The first-order valence-electron chi connectivity index (χ1n) is 14.1. The van der Waals surface area contributed by atoms with Crippen LogP contribution in [0, 0.1) is 0 Å². The first-order valence-corrected chi connectivity index (χ1v) is 15.5. The van der Waals surface area contributed by atoms with E-state index in [-0.39, 0.29) is 27.9 Å². The maximum atomic E-state index is 14.5. The highest BCUT2D eigenvalue weighted by atomic mass is 32.2. The van der Waals surface area contributed by atoms with Crippen molar-refractivity contribution in [3.63, 3.8) is 0 Å². The lowest BCUT2D eigenvalue weighted by Gasteiger charge is -2.51. The van der Waals surface area contributed by atoms with Crippen molar-refractivity contribution in [3.05, 3.63) is 59.2 Å². The summed E-state index contributed by atoms with van der Waals surface area (Å²) in [5.41, 5.74) is 3.28. The van der Waals surface area contributed by atoms with E-state index in [4.69, 9.17) is 4.84 Å². The summed E-state index contributed by atoms with van der Waals surface area (Å²) in [7, 11) is -3.84. The van der Waals surface area contributed by atoms with Gasteiger partial charge in [-0.25, -0.2) is 8.42 Å². The van der Waals surface area contributed by atoms with Crippen LogP contribution in [0.1, 0.15) is 105 Å². The molecule has 4 rings (SSSR count). The average Bonchev–Trinajstić information content (AvgIpc) is 3.15. The largest absolute Gasteiger partial charge is 0.296 e. The van der Waals surface area contributed by atoms with Gasteiger partial charge < -0.3 is 0 Å². The Hall–Kier alpha value is -1.89. The predicted octanol–water partition coefficient (Wildman–Crippen LogP) is 7.38. The zero-order valence-corrected chi connectivity index (χ0v) is 26.0. The summed E-state index contributed by atoms with van der Waals surface area (Å²) in [6.07, 6.45) is 3.90. The number of benzene rings is 2. The summed E-state index contributed by atoms with van der Waals surface area (Å²) in [5, 5.41) is 2.13. The summed E-state index contributed by atoms with van der Waals surface area (Å²) in [4.78, 5) is 6.93. The molecule has 0 amide bonds. The van der Waals surface area contributed by atoms with Gasteiger partial charge in [-0.05, 0) is 99.1 Å². The van der Waals surface area contributed by atoms with Crippen LogP contribution >= 0.6 is 0 Å². The van der Waals surface area contributed by atoms with Crippen LogP contribution in [0.2, 0.25) is 0 Å². The summed E-state index contributed by atoms with van der Waals surface area (Å²) in [6.45, 7) is 22.0. The number of nitrogens with zero attached hydrogens (tertiary/aromatic N) is 2. The highest BCUT2D eigenvalue weighted by Crippen LogP contribution is 2.42. The first-order chi connectivity index (χ1) is 17.3. The third-order valence-electron chi connectivity index (χ3n) is 8.28. The van der Waals surface area contributed by atoms with Gasteiger partial charge in [-0.1, -0.05) is 65.8 Å². The van der Waals surface area contributed by atoms with E-state index in [9.17, 15) is 8.42 Å². The van der Waals surface area contributed by atoms with Crippen molar-refractivity contribution in [1.82, 2.24) is 5.06 Å². The van der Waals surface area contributed by atoms with E-state index in [2.05, 4.69) is 80.4 Å². The average molecular weight is 541 g/mol. The fourth-order valence-electron chi connectivity index (χ4n) is 6.10. The minimum atomic E-state index is -3.84. The Labute approximate surface area is 231 Å². The zero-order valence-electron chi connectivity index (χ0n) is 25.2. The van der Waals surface area contributed by atoms with Gasteiger partial charge >= 0.3 is 0 Å². The molecule has 0 aromatic heterocycles. The van der Waals surface area contributed by atoms with Gasteiger partial charge in [0.2, 0.25) is 0 Å². The Bertz CT molecular complexity index is 1230. The normalized spacial score (nSPS) is 21.9. The van der Waals surface area contributed by atoms with Crippen LogP contribution in [0.5, 0.6) is 0 Å². The molecule has 0 aliphatic carbocycles. The van der Waals surface area contributed by atoms with E-state index in [1.165, 1.54) is 0 Å². The van der Waals surface area contributed by atoms with Gasteiger partial charge in [0.25, 0.3) is 10.0 Å². The second-order valence-electron chi connectivity index (χ2n) is 14.6. The number of para-hydroxylation sites is 1. The number of rotatable bonds is 5. The van der Waals surface area contributed by atoms with Crippen LogP contribution in [0.3, 0.4) is 0 Å². The van der Waals surface area contributed by atoms with Crippen LogP contribution in [-0.4, -0.2) is 37.2 Å². The molecule has 1 atom stereocenters. The molecular formula is C32H48N2O3S. The molecule has 1 fully saturated rings. The number of hydroxylamine groups is 2. The van der Waals surface area contributed by atoms with Crippen molar-refractivity contribution in [3.8, 4) is 0 Å². The standard InChI is InChI=1S/C32H48N2O3S/c1-29(2,3)24-19-25(30(4,5)6)21-27(20-24)38(35,36)33-26(18-23-14-11-12-15-28(23)33)22-37-34-31(7,8)16-13-17-32(34,9)10/h11-12,14-15,19-21,26H,13,16-18,22H2,1-10H3. The Morgan fingerprint density at radius 2 is 1.39 bits per heavy atom. The number of hydrogen-bond donors (Lipinski definition) is 0. The lowest BCUT2D eigenvalue weighted by atomic mass is 9.81. The van der Waals surface area contributed by atoms with E-state index in [0.717, 1.165) is 41.6 Å². The Morgan fingerprint density at radius 3 is 1.92 bits per heavy atom. The zero-order chi connectivity index (χ0) is 28.3. The van der Waals surface area contributed by atoms with Crippen LogP contribution in [0.15, 0.2) is 47.4 Å². The second-order valence-corrected chi connectivity index (χ2v) is 16.4. The molecule has 6 heteroatoms. The molecule has 2 aromatic carbocycles. The van der Waals surface area contributed by atoms with Gasteiger partial charge in [-0.15, -0.1) is 0 Å². The Balaban J connectivity index is 1.76. The van der Waals surface area contributed by atoms with Crippen molar-refractivity contribution in [2.24, 2.45) is 0 Å². The molecule has 0 spiro atoms. The van der Waals surface area contributed by atoms with Gasteiger partial charge in [0.1, 0.15) is 0 Å². The molecule has 2 aliphatic heterocycles. The summed E-state index contributed by atoms with van der Waals surface area (Å²) in [5.74, 6) is 0. The quantitative estimate of drug-likeness (QED) is 0.397. The molecule has 38 heavy (non-hydrogen) atoms. The minimum absolute atomic E-state index is 0.112. The number of fused-ring (bicyclic) bond motifs is 1. The fraction of sp³-hybridized carbons (Fsp3) is 0.625. The van der Waals surface area contributed by atoms with Gasteiger partial charge in [-0.3, -0.25) is 9.14 Å². The molecular weight excluding hydrogens is 492 g/mol. The third kappa shape index (κ3) is 5.55. The second kappa shape index (κ2) is 9.64. The number of hydrogen-bond acceptors (Lipinski definition) is 4. The number of sulfonamides is 1. The summed E-state index contributed by atoms with van der Waals surface area (Å²) in [6, 6.07) is 13.5. The van der Waals surface area contributed by atoms with Crippen molar-refractivity contribution in [1.29, 1.82) is 0 Å². The van der Waals surface area contributed by atoms with Crippen LogP contribution in [-0.2, 0) is 32.1 Å². The third-order valence-corrected chi connectivity index (χ3v) is 10.1. The molecule has 2 aliphatic rings. The predicted molar refractivity (Wildman–Crippen MR) is 157 cm³/mol. The molecule has 0 radical (unpaired) electrons. The van der Waals surface area contributed by atoms with E-state index in [1.54, 1.807) is 4.31 Å². The number of piperidine rings is 1. The molecule has 0 saturated carbocycles.